The van der Waals surface area contributed by atoms with Gasteiger partial charge in [0, 0.05) is 30.1 Å². The molecule has 1 atom stereocenters. The number of piperidine rings is 1. The lowest BCUT2D eigenvalue weighted by atomic mass is 9.98. The van der Waals surface area contributed by atoms with Crippen LogP contribution in [0.25, 0.3) is 5.65 Å². The van der Waals surface area contributed by atoms with E-state index >= 15 is 0 Å². The predicted molar refractivity (Wildman–Crippen MR) is 93.9 cm³/mol. The van der Waals surface area contributed by atoms with E-state index in [9.17, 15) is 4.79 Å². The summed E-state index contributed by atoms with van der Waals surface area (Å²) in [7, 11) is 0. The van der Waals surface area contributed by atoms with Crippen molar-refractivity contribution in [3.8, 4) is 0 Å². The van der Waals surface area contributed by atoms with Crippen molar-refractivity contribution in [2.75, 3.05) is 6.54 Å². The topological polar surface area (TPSA) is 50.5 Å². The first kappa shape index (κ1) is 15.3. The van der Waals surface area contributed by atoms with Crippen LogP contribution in [0.3, 0.4) is 0 Å². The molecule has 0 radical (unpaired) electrons. The van der Waals surface area contributed by atoms with Crippen molar-refractivity contribution < 1.29 is 4.79 Å². The van der Waals surface area contributed by atoms with Gasteiger partial charge >= 0.3 is 0 Å². The molecule has 3 aromatic rings. The van der Waals surface area contributed by atoms with Gasteiger partial charge in [-0.3, -0.25) is 4.79 Å². The fourth-order valence-electron chi connectivity index (χ4n) is 3.38. The summed E-state index contributed by atoms with van der Waals surface area (Å²) in [5, 5.41) is 6.26. The minimum atomic E-state index is 0.0921. The lowest BCUT2D eigenvalue weighted by molar-refractivity contribution is -0.135. The van der Waals surface area contributed by atoms with Crippen LogP contribution in [0.5, 0.6) is 0 Å². The van der Waals surface area contributed by atoms with E-state index in [-0.39, 0.29) is 11.9 Å². The Labute approximate surface area is 144 Å². The van der Waals surface area contributed by atoms with E-state index in [4.69, 9.17) is 4.98 Å². The molecule has 0 N–H and O–H groups in total. The summed E-state index contributed by atoms with van der Waals surface area (Å²) in [6, 6.07) is 8.12. The molecule has 1 saturated heterocycles. The third-order valence-corrected chi connectivity index (χ3v) is 5.55. The zero-order valence-corrected chi connectivity index (χ0v) is 14.3. The Kier molecular flexibility index (Phi) is 4.30. The molecule has 4 rings (SSSR count). The Bertz CT molecular complexity index is 827. The van der Waals surface area contributed by atoms with Gasteiger partial charge in [0.15, 0.2) is 5.65 Å². The molecular weight excluding hydrogens is 320 g/mol. The fraction of sp³-hybridized carbons (Fsp3) is 0.389. The molecule has 24 heavy (non-hydrogen) atoms. The summed E-state index contributed by atoms with van der Waals surface area (Å²) < 4.78 is 1.76. The Morgan fingerprint density at radius 2 is 2.25 bits per heavy atom. The van der Waals surface area contributed by atoms with Crippen molar-refractivity contribution in [3.05, 3.63) is 52.6 Å². The predicted octanol–water partition coefficient (Wildman–Crippen LogP) is 3.48. The normalized spacial score (nSPS) is 18.2. The molecule has 1 amide bonds. The molecule has 3 aromatic heterocycles. The number of amides is 1. The van der Waals surface area contributed by atoms with E-state index in [1.807, 2.05) is 29.3 Å². The Morgan fingerprint density at radius 3 is 3.12 bits per heavy atom. The molecule has 0 bridgehead atoms. The second-order valence-corrected chi connectivity index (χ2v) is 7.20. The highest BCUT2D eigenvalue weighted by molar-refractivity contribution is 7.09. The molecule has 1 fully saturated rings. The first-order valence-electron chi connectivity index (χ1n) is 8.43. The van der Waals surface area contributed by atoms with E-state index in [0.717, 1.165) is 43.6 Å². The number of aryl methyl sites for hydroxylation is 1. The second kappa shape index (κ2) is 6.73. The molecule has 0 aliphatic carbocycles. The number of aromatic nitrogens is 3. The van der Waals surface area contributed by atoms with Crippen LogP contribution in [-0.2, 0) is 11.2 Å². The lowest BCUT2D eigenvalue weighted by Gasteiger charge is -2.35. The molecule has 6 heteroatoms. The molecule has 1 aliphatic rings. The van der Waals surface area contributed by atoms with Crippen LogP contribution in [0, 0.1) is 0 Å². The van der Waals surface area contributed by atoms with Crippen LogP contribution in [0.4, 0.5) is 0 Å². The number of likely N-dealkylation sites (tertiary alicyclic amines) is 1. The summed E-state index contributed by atoms with van der Waals surface area (Å²) in [5.41, 5.74) is 1.82. The molecule has 0 saturated carbocycles. The van der Waals surface area contributed by atoms with Crippen LogP contribution >= 0.6 is 11.3 Å². The maximum Gasteiger partial charge on any atom is 0.223 e. The lowest BCUT2D eigenvalue weighted by Crippen LogP contribution is -2.39. The fourth-order valence-corrected chi connectivity index (χ4v) is 4.09. The van der Waals surface area contributed by atoms with Gasteiger partial charge in [0.2, 0.25) is 5.91 Å². The van der Waals surface area contributed by atoms with Gasteiger partial charge in [0.05, 0.1) is 17.9 Å². The maximum atomic E-state index is 12.8. The van der Waals surface area contributed by atoms with Crippen molar-refractivity contribution >= 4 is 22.9 Å². The average molecular weight is 340 g/mol. The Balaban J connectivity index is 1.52. The van der Waals surface area contributed by atoms with Gasteiger partial charge in [-0.25, -0.2) is 9.50 Å². The van der Waals surface area contributed by atoms with Crippen molar-refractivity contribution in [2.45, 2.75) is 38.1 Å². The smallest absolute Gasteiger partial charge is 0.223 e. The quantitative estimate of drug-likeness (QED) is 0.731. The molecule has 5 nitrogen and oxygen atoms in total. The standard InChI is InChI=1S/C18H20N4OS/c23-18(7-6-14-4-3-13-24-14)21-11-2-1-5-16(21)15-9-12-22-17(20-15)8-10-19-22/h3-4,8-10,12-13,16H,1-2,5-7,11H2/t16-/m0/s1. The first-order valence-corrected chi connectivity index (χ1v) is 9.31. The summed E-state index contributed by atoms with van der Waals surface area (Å²) in [6.07, 6.45) is 8.29. The minimum absolute atomic E-state index is 0.0921. The highest BCUT2D eigenvalue weighted by Crippen LogP contribution is 2.30. The summed E-state index contributed by atoms with van der Waals surface area (Å²) in [4.78, 5) is 20.8. The van der Waals surface area contributed by atoms with E-state index in [0.29, 0.717) is 6.42 Å². The van der Waals surface area contributed by atoms with Gasteiger partial charge in [-0.15, -0.1) is 11.3 Å². The van der Waals surface area contributed by atoms with Gasteiger partial charge in [0.1, 0.15) is 0 Å². The summed E-state index contributed by atoms with van der Waals surface area (Å²) >= 11 is 1.72. The van der Waals surface area contributed by atoms with E-state index in [2.05, 4.69) is 16.5 Å². The number of carbonyl (C=O) groups excluding carboxylic acids is 1. The van der Waals surface area contributed by atoms with Crippen molar-refractivity contribution in [2.24, 2.45) is 0 Å². The van der Waals surface area contributed by atoms with Crippen LogP contribution < -0.4 is 0 Å². The first-order chi connectivity index (χ1) is 11.8. The third kappa shape index (κ3) is 3.06. The highest BCUT2D eigenvalue weighted by Gasteiger charge is 2.28. The second-order valence-electron chi connectivity index (χ2n) is 6.16. The number of nitrogens with zero attached hydrogens (tertiary/aromatic N) is 4. The summed E-state index contributed by atoms with van der Waals surface area (Å²) in [5.74, 6) is 0.239. The van der Waals surface area contributed by atoms with Crippen LogP contribution in [0.15, 0.2) is 42.0 Å². The minimum Gasteiger partial charge on any atom is -0.334 e. The van der Waals surface area contributed by atoms with Crippen LogP contribution in [-0.4, -0.2) is 31.9 Å². The number of carbonyl (C=O) groups is 1. The van der Waals surface area contributed by atoms with Crippen molar-refractivity contribution in [1.82, 2.24) is 19.5 Å². The molecule has 0 unspecified atom stereocenters. The molecule has 4 heterocycles. The van der Waals surface area contributed by atoms with Gasteiger partial charge in [0.25, 0.3) is 0 Å². The van der Waals surface area contributed by atoms with Crippen molar-refractivity contribution in [1.29, 1.82) is 0 Å². The van der Waals surface area contributed by atoms with E-state index < -0.39 is 0 Å². The molecule has 1 aliphatic heterocycles. The van der Waals surface area contributed by atoms with Gasteiger partial charge < -0.3 is 4.90 Å². The largest absolute Gasteiger partial charge is 0.334 e. The SMILES string of the molecule is O=C(CCc1cccs1)N1CCCC[C@H]1c1ccn2nccc2n1. The zero-order valence-electron chi connectivity index (χ0n) is 13.5. The summed E-state index contributed by atoms with van der Waals surface area (Å²) in [6.45, 7) is 0.833. The van der Waals surface area contributed by atoms with Gasteiger partial charge in [-0.1, -0.05) is 6.07 Å². The molecule has 0 spiro atoms. The molecule has 124 valence electrons. The number of fused-ring (bicyclic) bond motifs is 1. The third-order valence-electron chi connectivity index (χ3n) is 4.61. The maximum absolute atomic E-state index is 12.8. The average Bonchev–Trinajstić information content (AvgIpc) is 3.30. The van der Waals surface area contributed by atoms with Crippen molar-refractivity contribution in [3.63, 3.8) is 0 Å². The van der Waals surface area contributed by atoms with Gasteiger partial charge in [-0.05, 0) is 43.2 Å². The monoisotopic (exact) mass is 340 g/mol. The zero-order chi connectivity index (χ0) is 16.4. The number of rotatable bonds is 4. The number of hydrogen-bond acceptors (Lipinski definition) is 4. The Morgan fingerprint density at radius 1 is 1.29 bits per heavy atom. The highest BCUT2D eigenvalue weighted by atomic mass is 32.1. The number of thiophene rings is 1. The number of hydrogen-bond donors (Lipinski definition) is 0. The molecule has 0 aromatic carbocycles. The van der Waals surface area contributed by atoms with E-state index in [1.165, 1.54) is 4.88 Å². The van der Waals surface area contributed by atoms with E-state index in [1.54, 1.807) is 22.0 Å². The van der Waals surface area contributed by atoms with Crippen LogP contribution in [0.1, 0.15) is 42.3 Å². The van der Waals surface area contributed by atoms with Gasteiger partial charge in [-0.2, -0.15) is 5.10 Å². The Hall–Kier alpha value is -2.21. The molecular formula is C18H20N4OS. The van der Waals surface area contributed by atoms with Crippen LogP contribution in [0.2, 0.25) is 0 Å².